The van der Waals surface area contributed by atoms with Gasteiger partial charge in [0.15, 0.2) is 0 Å². The highest BCUT2D eigenvalue weighted by atomic mass is 16.5. The molecule has 6 heteroatoms. The first-order valence-electron chi connectivity index (χ1n) is 9.53. The highest BCUT2D eigenvalue weighted by molar-refractivity contribution is 6.03. The molecule has 0 unspecified atom stereocenters. The Labute approximate surface area is 171 Å². The average molecular weight is 390 g/mol. The van der Waals surface area contributed by atoms with Gasteiger partial charge in [0.25, 0.3) is 5.91 Å². The topological polar surface area (TPSA) is 66.5 Å². The van der Waals surface area contributed by atoms with E-state index in [2.05, 4.69) is 20.5 Å². The summed E-state index contributed by atoms with van der Waals surface area (Å²) in [4.78, 5) is 18.8. The molecule has 0 aliphatic heterocycles. The van der Waals surface area contributed by atoms with Gasteiger partial charge >= 0.3 is 0 Å². The van der Waals surface area contributed by atoms with Crippen LogP contribution in [-0.2, 0) is 6.61 Å². The number of pyridine rings is 1. The molecule has 1 aromatic heterocycles. The van der Waals surface area contributed by atoms with E-state index in [1.165, 1.54) is 0 Å². The van der Waals surface area contributed by atoms with E-state index in [0.29, 0.717) is 18.0 Å². The molecule has 3 rings (SSSR count). The Morgan fingerprint density at radius 2 is 1.76 bits per heavy atom. The maximum Gasteiger partial charge on any atom is 0.274 e. The molecule has 1 amide bonds. The van der Waals surface area contributed by atoms with Crippen LogP contribution in [0.4, 0.5) is 11.4 Å². The van der Waals surface area contributed by atoms with Crippen molar-refractivity contribution >= 4 is 17.3 Å². The van der Waals surface area contributed by atoms with Crippen molar-refractivity contribution in [3.05, 3.63) is 84.2 Å². The molecule has 0 fully saturated rings. The van der Waals surface area contributed by atoms with Crippen LogP contribution in [0, 0.1) is 0 Å². The molecule has 150 valence electrons. The summed E-state index contributed by atoms with van der Waals surface area (Å²) in [6.45, 7) is 2.20. The van der Waals surface area contributed by atoms with Gasteiger partial charge < -0.3 is 20.3 Å². The smallest absolute Gasteiger partial charge is 0.274 e. The maximum absolute atomic E-state index is 12.5. The Kier molecular flexibility index (Phi) is 7.19. The molecule has 0 bridgehead atoms. The van der Waals surface area contributed by atoms with E-state index in [1.807, 2.05) is 74.8 Å². The van der Waals surface area contributed by atoms with E-state index < -0.39 is 0 Å². The van der Waals surface area contributed by atoms with E-state index in [-0.39, 0.29) is 5.91 Å². The number of hydrogen-bond acceptors (Lipinski definition) is 5. The first-order valence-corrected chi connectivity index (χ1v) is 9.53. The molecule has 29 heavy (non-hydrogen) atoms. The summed E-state index contributed by atoms with van der Waals surface area (Å²) in [6.07, 6.45) is 1.63. The van der Waals surface area contributed by atoms with Crippen molar-refractivity contribution in [1.29, 1.82) is 0 Å². The van der Waals surface area contributed by atoms with E-state index in [4.69, 9.17) is 4.74 Å². The van der Waals surface area contributed by atoms with Gasteiger partial charge in [-0.15, -0.1) is 0 Å². The molecular weight excluding hydrogens is 364 g/mol. The van der Waals surface area contributed by atoms with Crippen LogP contribution in [0.3, 0.4) is 0 Å². The average Bonchev–Trinajstić information content (AvgIpc) is 2.74. The molecule has 0 atom stereocenters. The number of rotatable bonds is 9. The van der Waals surface area contributed by atoms with Crippen molar-refractivity contribution in [2.75, 3.05) is 37.8 Å². The lowest BCUT2D eigenvalue weighted by atomic mass is 10.2. The Balaban J connectivity index is 1.53. The number of ether oxygens (including phenoxy) is 1. The quantitative estimate of drug-likeness (QED) is 0.580. The van der Waals surface area contributed by atoms with Gasteiger partial charge in [0.05, 0.1) is 0 Å². The second-order valence-electron chi connectivity index (χ2n) is 6.91. The SMILES string of the molecule is CN(C)CCNc1ccnc(C(=O)Nc2ccc(OCc3ccccc3)cc2)c1. The van der Waals surface area contributed by atoms with Crippen LogP contribution in [0.5, 0.6) is 5.75 Å². The molecule has 0 aliphatic rings. The summed E-state index contributed by atoms with van der Waals surface area (Å²) in [6, 6.07) is 20.9. The van der Waals surface area contributed by atoms with Crippen LogP contribution >= 0.6 is 0 Å². The minimum atomic E-state index is -0.251. The van der Waals surface area contributed by atoms with E-state index >= 15 is 0 Å². The summed E-state index contributed by atoms with van der Waals surface area (Å²) in [5.74, 6) is 0.497. The zero-order chi connectivity index (χ0) is 20.5. The van der Waals surface area contributed by atoms with Gasteiger partial charge in [-0.2, -0.15) is 0 Å². The van der Waals surface area contributed by atoms with Gasteiger partial charge in [-0.05, 0) is 56.1 Å². The van der Waals surface area contributed by atoms with Crippen LogP contribution < -0.4 is 15.4 Å². The third-order valence-electron chi connectivity index (χ3n) is 4.24. The lowest BCUT2D eigenvalue weighted by Crippen LogP contribution is -2.21. The Hall–Kier alpha value is -3.38. The summed E-state index contributed by atoms with van der Waals surface area (Å²) >= 11 is 0. The Bertz CT molecular complexity index is 912. The molecule has 0 spiro atoms. The van der Waals surface area contributed by atoms with E-state index in [0.717, 1.165) is 30.1 Å². The maximum atomic E-state index is 12.5. The van der Waals surface area contributed by atoms with Crippen molar-refractivity contribution in [2.24, 2.45) is 0 Å². The predicted octanol–water partition coefficient (Wildman–Crippen LogP) is 3.89. The third kappa shape index (κ3) is 6.62. The second-order valence-corrected chi connectivity index (χ2v) is 6.91. The lowest BCUT2D eigenvalue weighted by Gasteiger charge is -2.12. The number of aromatic nitrogens is 1. The summed E-state index contributed by atoms with van der Waals surface area (Å²) in [5, 5.41) is 6.16. The standard InChI is InChI=1S/C23H26N4O2/c1-27(2)15-14-24-20-12-13-25-22(16-20)23(28)26-19-8-10-21(11-9-19)29-17-18-6-4-3-5-7-18/h3-13,16H,14-15,17H2,1-2H3,(H,24,25)(H,26,28). The fraction of sp³-hybridized carbons (Fsp3) is 0.217. The normalized spacial score (nSPS) is 10.6. The minimum Gasteiger partial charge on any atom is -0.489 e. The van der Waals surface area contributed by atoms with E-state index in [9.17, 15) is 4.79 Å². The number of nitrogens with zero attached hydrogens (tertiary/aromatic N) is 2. The van der Waals surface area contributed by atoms with Crippen LogP contribution in [0.2, 0.25) is 0 Å². The van der Waals surface area contributed by atoms with Crippen molar-refractivity contribution in [1.82, 2.24) is 9.88 Å². The zero-order valence-electron chi connectivity index (χ0n) is 16.8. The van der Waals surface area contributed by atoms with Gasteiger partial charge in [-0.1, -0.05) is 30.3 Å². The van der Waals surface area contributed by atoms with Crippen LogP contribution in [0.15, 0.2) is 72.9 Å². The number of amides is 1. The highest BCUT2D eigenvalue weighted by Gasteiger charge is 2.09. The molecule has 0 radical (unpaired) electrons. The van der Waals surface area contributed by atoms with Crippen molar-refractivity contribution in [3.63, 3.8) is 0 Å². The molecule has 0 aliphatic carbocycles. The van der Waals surface area contributed by atoms with Crippen molar-refractivity contribution < 1.29 is 9.53 Å². The zero-order valence-corrected chi connectivity index (χ0v) is 16.8. The van der Waals surface area contributed by atoms with Crippen molar-refractivity contribution in [3.8, 4) is 5.75 Å². The summed E-state index contributed by atoms with van der Waals surface area (Å²) < 4.78 is 5.77. The van der Waals surface area contributed by atoms with Crippen molar-refractivity contribution in [2.45, 2.75) is 6.61 Å². The van der Waals surface area contributed by atoms with Gasteiger partial charge in [-0.25, -0.2) is 0 Å². The Morgan fingerprint density at radius 3 is 2.48 bits per heavy atom. The number of carbonyl (C=O) groups is 1. The third-order valence-corrected chi connectivity index (χ3v) is 4.24. The number of carbonyl (C=O) groups excluding carboxylic acids is 1. The fourth-order valence-electron chi connectivity index (χ4n) is 2.66. The molecule has 0 saturated carbocycles. The van der Waals surface area contributed by atoms with Crippen LogP contribution in [0.1, 0.15) is 16.1 Å². The fourth-order valence-corrected chi connectivity index (χ4v) is 2.66. The van der Waals surface area contributed by atoms with Crippen LogP contribution in [-0.4, -0.2) is 43.0 Å². The number of likely N-dealkylation sites (N-methyl/N-ethyl adjacent to an activating group) is 1. The summed E-state index contributed by atoms with van der Waals surface area (Å²) in [5.41, 5.74) is 3.03. The monoisotopic (exact) mass is 390 g/mol. The minimum absolute atomic E-state index is 0.251. The molecular formula is C23H26N4O2. The first kappa shape index (κ1) is 20.4. The van der Waals surface area contributed by atoms with Crippen LogP contribution in [0.25, 0.3) is 0 Å². The number of nitrogens with one attached hydrogen (secondary N) is 2. The molecule has 1 heterocycles. The Morgan fingerprint density at radius 1 is 1.00 bits per heavy atom. The predicted molar refractivity (Wildman–Crippen MR) is 116 cm³/mol. The number of benzene rings is 2. The van der Waals surface area contributed by atoms with E-state index in [1.54, 1.807) is 12.3 Å². The van der Waals surface area contributed by atoms with Gasteiger partial charge in [-0.3, -0.25) is 9.78 Å². The second kappa shape index (κ2) is 10.2. The molecule has 3 aromatic rings. The van der Waals surface area contributed by atoms with Gasteiger partial charge in [0, 0.05) is 30.7 Å². The lowest BCUT2D eigenvalue weighted by molar-refractivity contribution is 0.102. The number of hydrogen-bond donors (Lipinski definition) is 2. The largest absolute Gasteiger partial charge is 0.489 e. The first-order chi connectivity index (χ1) is 14.1. The van der Waals surface area contributed by atoms with Gasteiger partial charge in [0.1, 0.15) is 18.1 Å². The highest BCUT2D eigenvalue weighted by Crippen LogP contribution is 2.18. The molecule has 6 nitrogen and oxygen atoms in total. The number of anilines is 2. The van der Waals surface area contributed by atoms with Gasteiger partial charge in [0.2, 0.25) is 0 Å². The molecule has 2 aromatic carbocycles. The molecule has 2 N–H and O–H groups in total. The summed E-state index contributed by atoms with van der Waals surface area (Å²) in [7, 11) is 4.04. The molecule has 0 saturated heterocycles.